The van der Waals surface area contributed by atoms with E-state index >= 15 is 0 Å². The maximum atomic E-state index is 2.49. The number of hydrogen-bond donors (Lipinski definition) is 0. The molecule has 0 atom stereocenters. The summed E-state index contributed by atoms with van der Waals surface area (Å²) >= 11 is 0. The van der Waals surface area contributed by atoms with E-state index in [4.69, 9.17) is 0 Å². The zero-order valence-corrected chi connectivity index (χ0v) is 53.2. The van der Waals surface area contributed by atoms with Crippen LogP contribution in [0.2, 0.25) is 0 Å². The van der Waals surface area contributed by atoms with E-state index in [1.54, 1.807) is 0 Å². The first-order chi connectivity index (χ1) is 46.2. The highest BCUT2D eigenvalue weighted by molar-refractivity contribution is 6.24. The standard InChI is InChI=1S/C51H36.C43H30/c1-51(2)46-32-38(28-30-45(46)49(34-16-5-3-6-17-34)50(51)35-18-7-4-8-19-35)48-43-23-13-11-21-41(43)47(42-22-12-14-24-44(42)48)37-27-29-40-36(31-37)26-25-33-15-9-10-20-39(33)40;1-43(2)39-18-10-9-13-33(39)34-24-22-30(26-40(34)43)42-37-16-7-5-14-35(37)41(36-15-6-8-17-38(36)42)29-21-23-32-28(25-29)20-19-27-11-3-4-12-31(27)32/h3-32H,1-2H3;3-26H,1-2H3. The first kappa shape index (κ1) is 55.4. The van der Waals surface area contributed by atoms with E-state index in [1.807, 2.05) is 0 Å². The molecule has 0 aliphatic heterocycles. The molecule has 17 aromatic rings. The zero-order chi connectivity index (χ0) is 62.8. The summed E-state index contributed by atoms with van der Waals surface area (Å²) in [6, 6.07) is 122. The molecule has 0 heterocycles. The van der Waals surface area contributed by atoms with Crippen molar-refractivity contribution in [2.75, 3.05) is 0 Å². The van der Waals surface area contributed by atoms with Gasteiger partial charge in [0, 0.05) is 10.8 Å². The van der Waals surface area contributed by atoms with Crippen molar-refractivity contribution in [1.29, 1.82) is 0 Å². The predicted octanol–water partition coefficient (Wildman–Crippen LogP) is 25.8. The van der Waals surface area contributed by atoms with Crippen LogP contribution < -0.4 is 0 Å². The zero-order valence-electron chi connectivity index (χ0n) is 53.2. The van der Waals surface area contributed by atoms with E-state index in [0.717, 1.165) is 0 Å². The van der Waals surface area contributed by atoms with E-state index in [2.05, 4.69) is 355 Å². The minimum atomic E-state index is -0.196. The molecular formula is C94H66. The summed E-state index contributed by atoms with van der Waals surface area (Å²) in [4.78, 5) is 0. The van der Waals surface area contributed by atoms with Crippen molar-refractivity contribution in [2.24, 2.45) is 0 Å². The highest BCUT2D eigenvalue weighted by Gasteiger charge is 2.40. The third-order valence-electron chi connectivity index (χ3n) is 21.1. The molecule has 0 radical (unpaired) electrons. The summed E-state index contributed by atoms with van der Waals surface area (Å²) in [5, 5.41) is 20.6. The molecule has 0 amide bonds. The van der Waals surface area contributed by atoms with E-state index in [0.29, 0.717) is 0 Å². The van der Waals surface area contributed by atoms with Gasteiger partial charge in [0.05, 0.1) is 0 Å². The molecule has 0 N–H and O–H groups in total. The number of allylic oxidation sites excluding steroid dienone is 1. The van der Waals surface area contributed by atoms with Gasteiger partial charge in [-0.05, 0) is 211 Å². The molecule has 0 nitrogen and oxygen atoms in total. The topological polar surface area (TPSA) is 0 Å². The van der Waals surface area contributed by atoms with Crippen molar-refractivity contribution in [2.45, 2.75) is 38.5 Å². The predicted molar refractivity (Wildman–Crippen MR) is 404 cm³/mol. The van der Waals surface area contributed by atoms with Crippen molar-refractivity contribution in [3.05, 3.63) is 361 Å². The molecule has 2 aliphatic rings. The first-order valence-electron chi connectivity index (χ1n) is 33.1. The Balaban J connectivity index is 0.000000140. The number of benzene rings is 17. The minimum Gasteiger partial charge on any atom is -0.0622 e. The van der Waals surface area contributed by atoms with Crippen LogP contribution >= 0.6 is 0 Å². The maximum absolute atomic E-state index is 2.49. The Morgan fingerprint density at radius 3 is 0.936 bits per heavy atom. The molecule has 0 heteroatoms. The van der Waals surface area contributed by atoms with Crippen molar-refractivity contribution in [1.82, 2.24) is 0 Å². The lowest BCUT2D eigenvalue weighted by molar-refractivity contribution is 0.660. The molecule has 17 aromatic carbocycles. The fraction of sp³-hybridized carbons (Fsp3) is 0.0638. The first-order valence-corrected chi connectivity index (χ1v) is 33.1. The second-order valence-corrected chi connectivity index (χ2v) is 26.9. The third kappa shape index (κ3) is 8.60. The lowest BCUT2D eigenvalue weighted by atomic mass is 9.77. The Morgan fingerprint density at radius 1 is 0.181 bits per heavy atom. The minimum absolute atomic E-state index is 0.0389. The molecule has 19 rings (SSSR count). The van der Waals surface area contributed by atoms with Crippen LogP contribution in [0.15, 0.2) is 328 Å². The van der Waals surface area contributed by atoms with E-state index in [1.165, 1.54) is 186 Å². The van der Waals surface area contributed by atoms with E-state index < -0.39 is 0 Å². The molecule has 0 aromatic heterocycles. The van der Waals surface area contributed by atoms with Gasteiger partial charge in [-0.3, -0.25) is 0 Å². The smallest absolute Gasteiger partial charge is 0.0165 e. The average molecular weight is 1200 g/mol. The van der Waals surface area contributed by atoms with Gasteiger partial charge in [0.1, 0.15) is 0 Å². The second kappa shape index (κ2) is 21.6. The molecule has 2 aliphatic carbocycles. The van der Waals surface area contributed by atoms with Gasteiger partial charge in [-0.1, -0.05) is 331 Å². The van der Waals surface area contributed by atoms with Crippen molar-refractivity contribution >= 4 is 97.3 Å². The summed E-state index contributed by atoms with van der Waals surface area (Å²) in [5.41, 5.74) is 23.5. The maximum Gasteiger partial charge on any atom is 0.0165 e. The lowest BCUT2D eigenvalue weighted by Crippen LogP contribution is -2.16. The highest BCUT2D eigenvalue weighted by atomic mass is 14.4. The molecule has 0 saturated heterocycles. The second-order valence-electron chi connectivity index (χ2n) is 26.9. The summed E-state index contributed by atoms with van der Waals surface area (Å²) in [5.74, 6) is 0. The van der Waals surface area contributed by atoms with Crippen LogP contribution in [0, 0.1) is 0 Å². The Morgan fingerprint density at radius 2 is 0.489 bits per heavy atom. The molecule has 0 spiro atoms. The quantitative estimate of drug-likeness (QED) is 0.115. The van der Waals surface area contributed by atoms with Gasteiger partial charge in [-0.15, -0.1) is 0 Å². The summed E-state index contributed by atoms with van der Waals surface area (Å²) in [6.07, 6.45) is 0. The Kier molecular flexibility index (Phi) is 12.7. The van der Waals surface area contributed by atoms with Crippen LogP contribution in [0.4, 0.5) is 0 Å². The normalized spacial score (nSPS) is 13.7. The molecular weight excluding hydrogens is 1130 g/mol. The lowest BCUT2D eigenvalue weighted by Gasteiger charge is -2.26. The van der Waals surface area contributed by atoms with Crippen LogP contribution in [0.5, 0.6) is 0 Å². The number of hydrogen-bond acceptors (Lipinski definition) is 0. The highest BCUT2D eigenvalue weighted by Crippen LogP contribution is 2.56. The Labute approximate surface area is 549 Å². The number of rotatable bonds is 6. The van der Waals surface area contributed by atoms with E-state index in [9.17, 15) is 0 Å². The van der Waals surface area contributed by atoms with Gasteiger partial charge >= 0.3 is 0 Å². The monoisotopic (exact) mass is 1190 g/mol. The van der Waals surface area contributed by atoms with Gasteiger partial charge in [-0.2, -0.15) is 0 Å². The molecule has 0 bridgehead atoms. The van der Waals surface area contributed by atoms with Crippen molar-refractivity contribution < 1.29 is 0 Å². The van der Waals surface area contributed by atoms with Crippen molar-refractivity contribution in [3.63, 3.8) is 0 Å². The molecule has 0 saturated carbocycles. The van der Waals surface area contributed by atoms with Crippen molar-refractivity contribution in [3.8, 4) is 55.6 Å². The van der Waals surface area contributed by atoms with Crippen LogP contribution in [0.1, 0.15) is 61.1 Å². The number of fused-ring (bicyclic) bond motifs is 14. The molecule has 0 unspecified atom stereocenters. The molecule has 0 fully saturated rings. The average Bonchev–Trinajstić information content (AvgIpc) is 1.37. The van der Waals surface area contributed by atoms with Gasteiger partial charge < -0.3 is 0 Å². The van der Waals surface area contributed by atoms with Crippen LogP contribution in [0.25, 0.3) is 153 Å². The largest absolute Gasteiger partial charge is 0.0622 e. The fourth-order valence-electron chi connectivity index (χ4n) is 16.7. The SMILES string of the molecule is CC1(C)C(c2ccccc2)=C(c2ccccc2)c2ccc(-c3c4ccccc4c(-c4ccc5c(ccc6ccccc65)c4)c4ccccc34)cc21.CC1(C)c2ccccc2-c2ccc(-c3c4ccccc4c(-c4ccc5c(ccc6ccccc65)c4)c4ccccc34)cc21. The Bertz CT molecular complexity index is 5900. The third-order valence-corrected chi connectivity index (χ3v) is 21.1. The Hall–Kier alpha value is -11.4. The van der Waals surface area contributed by atoms with Gasteiger partial charge in [0.2, 0.25) is 0 Å². The van der Waals surface area contributed by atoms with Crippen LogP contribution in [-0.4, -0.2) is 0 Å². The fourth-order valence-corrected chi connectivity index (χ4v) is 16.7. The van der Waals surface area contributed by atoms with Gasteiger partial charge in [-0.25, -0.2) is 0 Å². The summed E-state index contributed by atoms with van der Waals surface area (Å²) in [6.45, 7) is 9.53. The van der Waals surface area contributed by atoms with Crippen LogP contribution in [0.3, 0.4) is 0 Å². The molecule has 94 heavy (non-hydrogen) atoms. The molecule has 442 valence electrons. The van der Waals surface area contributed by atoms with Gasteiger partial charge in [0.25, 0.3) is 0 Å². The van der Waals surface area contributed by atoms with Crippen LogP contribution in [-0.2, 0) is 10.8 Å². The van der Waals surface area contributed by atoms with E-state index in [-0.39, 0.29) is 10.8 Å². The summed E-state index contributed by atoms with van der Waals surface area (Å²) in [7, 11) is 0. The van der Waals surface area contributed by atoms with Gasteiger partial charge in [0.15, 0.2) is 0 Å². The summed E-state index contributed by atoms with van der Waals surface area (Å²) < 4.78 is 0.